The van der Waals surface area contributed by atoms with E-state index in [1.165, 1.54) is 12.1 Å². The van der Waals surface area contributed by atoms with Crippen LogP contribution >= 0.6 is 11.3 Å². The zero-order valence-electron chi connectivity index (χ0n) is 19.3. The van der Waals surface area contributed by atoms with Gasteiger partial charge in [0, 0.05) is 30.5 Å². The zero-order valence-corrected chi connectivity index (χ0v) is 20.1. The summed E-state index contributed by atoms with van der Waals surface area (Å²) in [7, 11) is 0. The molecule has 4 rings (SSSR count). The van der Waals surface area contributed by atoms with Crippen molar-refractivity contribution in [2.24, 2.45) is 5.92 Å². The predicted molar refractivity (Wildman–Crippen MR) is 127 cm³/mol. The lowest BCUT2D eigenvalue weighted by molar-refractivity contribution is -0.144. The number of nitrogens with zero attached hydrogens (tertiary/aromatic N) is 2. The molecule has 0 spiro atoms. The number of aryl methyl sites for hydroxylation is 1. The molecule has 178 valence electrons. The number of thiophene rings is 1. The number of amides is 2. The van der Waals surface area contributed by atoms with Crippen molar-refractivity contribution in [3.63, 3.8) is 0 Å². The quantitative estimate of drug-likeness (QED) is 0.520. The van der Waals surface area contributed by atoms with E-state index < -0.39 is 0 Å². The first-order valence-corrected chi connectivity index (χ1v) is 12.8. The molecule has 1 atom stereocenters. The summed E-state index contributed by atoms with van der Waals surface area (Å²) in [5.41, 5.74) is 2.02. The summed E-state index contributed by atoms with van der Waals surface area (Å²) in [5.74, 6) is -0.276. The van der Waals surface area contributed by atoms with Gasteiger partial charge in [-0.25, -0.2) is 4.39 Å². The molecule has 7 heteroatoms. The monoisotopic (exact) mass is 472 g/mol. The molecule has 1 unspecified atom stereocenters. The first kappa shape index (κ1) is 23.9. The van der Waals surface area contributed by atoms with Crippen molar-refractivity contribution in [1.82, 2.24) is 9.80 Å². The summed E-state index contributed by atoms with van der Waals surface area (Å²) < 4.78 is 19.2. The van der Waals surface area contributed by atoms with E-state index >= 15 is 0 Å². The van der Waals surface area contributed by atoms with Gasteiger partial charge in [0.1, 0.15) is 5.82 Å². The minimum atomic E-state index is -0.296. The van der Waals surface area contributed by atoms with Crippen LogP contribution in [0.3, 0.4) is 0 Å². The molecular weight excluding hydrogens is 439 g/mol. The number of benzene rings is 1. The molecule has 0 radical (unpaired) electrons. The molecule has 2 aromatic rings. The van der Waals surface area contributed by atoms with Crippen LogP contribution in [0.2, 0.25) is 0 Å². The molecule has 2 heterocycles. The lowest BCUT2D eigenvalue weighted by Crippen LogP contribution is -2.47. The predicted octanol–water partition coefficient (Wildman–Crippen LogP) is 4.92. The van der Waals surface area contributed by atoms with E-state index in [0.29, 0.717) is 19.6 Å². The van der Waals surface area contributed by atoms with Crippen LogP contribution in [0.25, 0.3) is 0 Å². The van der Waals surface area contributed by atoms with Crippen LogP contribution in [0, 0.1) is 18.7 Å². The van der Waals surface area contributed by atoms with Gasteiger partial charge in [-0.15, -0.1) is 11.3 Å². The summed E-state index contributed by atoms with van der Waals surface area (Å²) in [6.45, 7) is 4.15. The van der Waals surface area contributed by atoms with E-state index in [1.54, 1.807) is 33.3 Å². The highest BCUT2D eigenvalue weighted by atomic mass is 32.1. The van der Waals surface area contributed by atoms with Gasteiger partial charge in [0.05, 0.1) is 19.2 Å². The third kappa shape index (κ3) is 6.42. The average molecular weight is 473 g/mol. The van der Waals surface area contributed by atoms with Gasteiger partial charge in [0.2, 0.25) is 11.8 Å². The molecule has 33 heavy (non-hydrogen) atoms. The van der Waals surface area contributed by atoms with Crippen LogP contribution in [0.5, 0.6) is 0 Å². The molecule has 1 aliphatic heterocycles. The summed E-state index contributed by atoms with van der Waals surface area (Å²) in [4.78, 5) is 31.6. The van der Waals surface area contributed by atoms with Crippen molar-refractivity contribution in [3.05, 3.63) is 57.5 Å². The Bertz CT molecular complexity index is 933. The third-order valence-corrected chi connectivity index (χ3v) is 7.74. The molecule has 1 aliphatic carbocycles. The van der Waals surface area contributed by atoms with Crippen molar-refractivity contribution in [3.8, 4) is 0 Å². The maximum atomic E-state index is 13.6. The molecule has 5 nitrogen and oxygen atoms in total. The number of carbonyl (C=O) groups is 2. The van der Waals surface area contributed by atoms with Crippen molar-refractivity contribution in [2.75, 3.05) is 19.7 Å². The Morgan fingerprint density at radius 2 is 1.79 bits per heavy atom. The highest BCUT2D eigenvalue weighted by Crippen LogP contribution is 2.28. The number of hydrogen-bond donors (Lipinski definition) is 0. The fraction of sp³-hybridized carbons (Fsp3) is 0.538. The number of halogens is 1. The number of carbonyl (C=O) groups excluding carboxylic acids is 2. The van der Waals surface area contributed by atoms with Gasteiger partial charge >= 0.3 is 0 Å². The Kier molecular flexibility index (Phi) is 8.15. The van der Waals surface area contributed by atoms with Gasteiger partial charge in [0.15, 0.2) is 0 Å². The largest absolute Gasteiger partial charge is 0.376 e. The van der Waals surface area contributed by atoms with Gasteiger partial charge in [0.25, 0.3) is 0 Å². The second kappa shape index (κ2) is 11.3. The van der Waals surface area contributed by atoms with Crippen LogP contribution < -0.4 is 0 Å². The van der Waals surface area contributed by atoms with Crippen LogP contribution in [0.15, 0.2) is 35.7 Å². The van der Waals surface area contributed by atoms with E-state index in [-0.39, 0.29) is 36.2 Å². The Balaban J connectivity index is 1.51. The van der Waals surface area contributed by atoms with Gasteiger partial charge in [-0.05, 0) is 67.3 Å². The minimum absolute atomic E-state index is 0.00763. The van der Waals surface area contributed by atoms with Crippen molar-refractivity contribution >= 4 is 23.2 Å². The molecule has 2 amide bonds. The normalized spacial score (nSPS) is 18.5. The van der Waals surface area contributed by atoms with E-state index in [1.807, 2.05) is 18.4 Å². The van der Waals surface area contributed by atoms with Gasteiger partial charge in [-0.3, -0.25) is 9.59 Å². The molecule has 1 aromatic heterocycles. The Morgan fingerprint density at radius 3 is 2.42 bits per heavy atom. The summed E-state index contributed by atoms with van der Waals surface area (Å²) >= 11 is 1.63. The van der Waals surface area contributed by atoms with E-state index in [9.17, 15) is 14.0 Å². The third-order valence-electron chi connectivity index (χ3n) is 6.73. The average Bonchev–Trinajstić information content (AvgIpc) is 3.58. The second-order valence-corrected chi connectivity index (χ2v) is 10.2. The standard InChI is InChI=1S/C26H33FN2O3S/c1-19-12-14-33-24(19)17-28(15-20-8-10-22(27)11-9-20)25(30)18-29(16-23-7-4-13-32-23)26(31)21-5-2-3-6-21/h8-12,14,21,23H,2-7,13,15-18H2,1H3. The molecule has 2 aliphatic rings. The van der Waals surface area contributed by atoms with Gasteiger partial charge in [-0.1, -0.05) is 25.0 Å². The zero-order chi connectivity index (χ0) is 23.2. The maximum Gasteiger partial charge on any atom is 0.242 e. The summed E-state index contributed by atoms with van der Waals surface area (Å²) in [6, 6.07) is 8.31. The van der Waals surface area contributed by atoms with Crippen LogP contribution in [0.4, 0.5) is 4.39 Å². The molecule has 0 N–H and O–H groups in total. The van der Waals surface area contributed by atoms with Crippen molar-refractivity contribution in [1.29, 1.82) is 0 Å². The minimum Gasteiger partial charge on any atom is -0.376 e. The smallest absolute Gasteiger partial charge is 0.242 e. The van der Waals surface area contributed by atoms with E-state index in [4.69, 9.17) is 4.74 Å². The maximum absolute atomic E-state index is 13.6. The molecular formula is C26H33FN2O3S. The van der Waals surface area contributed by atoms with Crippen LogP contribution in [0.1, 0.15) is 54.5 Å². The Hall–Kier alpha value is -2.25. The van der Waals surface area contributed by atoms with Crippen molar-refractivity contribution in [2.45, 2.75) is 64.6 Å². The number of ether oxygens (including phenoxy) is 1. The fourth-order valence-corrected chi connectivity index (χ4v) is 5.66. The first-order valence-electron chi connectivity index (χ1n) is 11.9. The first-order chi connectivity index (χ1) is 16.0. The topological polar surface area (TPSA) is 49.9 Å². The second-order valence-electron chi connectivity index (χ2n) is 9.24. The van der Waals surface area contributed by atoms with Gasteiger partial charge < -0.3 is 14.5 Å². The van der Waals surface area contributed by atoms with Crippen LogP contribution in [-0.2, 0) is 27.4 Å². The molecule has 1 saturated carbocycles. The molecule has 2 fully saturated rings. The highest BCUT2D eigenvalue weighted by Gasteiger charge is 2.32. The number of hydrogen-bond acceptors (Lipinski definition) is 4. The lowest BCUT2D eigenvalue weighted by Gasteiger charge is -2.30. The van der Waals surface area contributed by atoms with Gasteiger partial charge in [-0.2, -0.15) is 0 Å². The van der Waals surface area contributed by atoms with Crippen molar-refractivity contribution < 1.29 is 18.7 Å². The SMILES string of the molecule is Cc1ccsc1CN(Cc1ccc(F)cc1)C(=O)CN(CC1CCCO1)C(=O)C1CCCC1. The Labute approximate surface area is 199 Å². The van der Waals surface area contributed by atoms with E-state index in [0.717, 1.165) is 61.1 Å². The number of rotatable bonds is 9. The molecule has 0 bridgehead atoms. The fourth-order valence-electron chi connectivity index (χ4n) is 4.74. The van der Waals surface area contributed by atoms with Crippen LogP contribution in [-0.4, -0.2) is 47.4 Å². The summed E-state index contributed by atoms with van der Waals surface area (Å²) in [5, 5.41) is 2.03. The molecule has 1 saturated heterocycles. The van der Waals surface area contributed by atoms with E-state index in [2.05, 4.69) is 0 Å². The Morgan fingerprint density at radius 1 is 1.03 bits per heavy atom. The lowest BCUT2D eigenvalue weighted by atomic mass is 10.1. The molecule has 1 aromatic carbocycles. The highest BCUT2D eigenvalue weighted by molar-refractivity contribution is 7.10. The summed E-state index contributed by atoms with van der Waals surface area (Å²) in [6.07, 6.45) is 5.90.